The van der Waals surface area contributed by atoms with Gasteiger partial charge in [-0.2, -0.15) is 0 Å². The SMILES string of the molecule is O=C(COc1ccc(Br)cc1)NNC(=O)c1ccccc1OCc1ccccc1. The van der Waals surface area contributed by atoms with Crippen LogP contribution in [0.2, 0.25) is 0 Å². The average Bonchev–Trinajstić information content (AvgIpc) is 2.76. The van der Waals surface area contributed by atoms with Crippen LogP contribution in [0.15, 0.2) is 83.3 Å². The summed E-state index contributed by atoms with van der Waals surface area (Å²) >= 11 is 3.33. The van der Waals surface area contributed by atoms with Gasteiger partial charge in [0.2, 0.25) is 0 Å². The Morgan fingerprint density at radius 3 is 2.24 bits per heavy atom. The summed E-state index contributed by atoms with van der Waals surface area (Å²) in [7, 11) is 0. The Labute approximate surface area is 176 Å². The van der Waals surface area contributed by atoms with Crippen LogP contribution >= 0.6 is 15.9 Å². The lowest BCUT2D eigenvalue weighted by molar-refractivity contribution is -0.123. The second kappa shape index (κ2) is 10.3. The summed E-state index contributed by atoms with van der Waals surface area (Å²) in [6.07, 6.45) is 0. The molecule has 2 N–H and O–H groups in total. The van der Waals surface area contributed by atoms with E-state index in [1.807, 2.05) is 30.3 Å². The molecule has 0 saturated carbocycles. The van der Waals surface area contributed by atoms with Gasteiger partial charge in [-0.15, -0.1) is 0 Å². The number of rotatable bonds is 7. The normalized spacial score (nSPS) is 10.1. The van der Waals surface area contributed by atoms with Crippen molar-refractivity contribution in [3.63, 3.8) is 0 Å². The lowest BCUT2D eigenvalue weighted by Crippen LogP contribution is -2.43. The molecule has 0 spiro atoms. The smallest absolute Gasteiger partial charge is 0.276 e. The van der Waals surface area contributed by atoms with Gasteiger partial charge in [0, 0.05) is 4.47 Å². The number of nitrogens with one attached hydrogen (secondary N) is 2. The number of ether oxygens (including phenoxy) is 2. The fraction of sp³-hybridized carbons (Fsp3) is 0.0909. The number of hydrogen-bond acceptors (Lipinski definition) is 4. The number of benzene rings is 3. The van der Waals surface area contributed by atoms with Gasteiger partial charge in [0.1, 0.15) is 18.1 Å². The number of para-hydroxylation sites is 1. The second-order valence-corrected chi connectivity index (χ2v) is 6.93. The maximum atomic E-state index is 12.4. The molecule has 0 aromatic heterocycles. The Morgan fingerprint density at radius 1 is 0.793 bits per heavy atom. The van der Waals surface area contributed by atoms with Crippen molar-refractivity contribution in [2.24, 2.45) is 0 Å². The second-order valence-electron chi connectivity index (χ2n) is 6.02. The first-order valence-electron chi connectivity index (χ1n) is 8.85. The topological polar surface area (TPSA) is 76.7 Å². The molecule has 6 nitrogen and oxygen atoms in total. The van der Waals surface area contributed by atoms with Crippen molar-refractivity contribution in [3.8, 4) is 11.5 Å². The Balaban J connectivity index is 1.51. The number of carbonyl (C=O) groups excluding carboxylic acids is 2. The quantitative estimate of drug-likeness (QED) is 0.531. The van der Waals surface area contributed by atoms with Crippen LogP contribution in [0.1, 0.15) is 15.9 Å². The molecule has 0 aliphatic rings. The van der Waals surface area contributed by atoms with E-state index in [2.05, 4.69) is 26.8 Å². The molecule has 3 aromatic carbocycles. The van der Waals surface area contributed by atoms with Gasteiger partial charge in [0.05, 0.1) is 5.56 Å². The first-order chi connectivity index (χ1) is 14.1. The summed E-state index contributed by atoms with van der Waals surface area (Å²) < 4.78 is 12.0. The molecule has 0 radical (unpaired) electrons. The summed E-state index contributed by atoms with van der Waals surface area (Å²) in [5, 5.41) is 0. The van der Waals surface area contributed by atoms with E-state index in [-0.39, 0.29) is 6.61 Å². The van der Waals surface area contributed by atoms with E-state index in [0.717, 1.165) is 10.0 Å². The molecule has 0 aliphatic carbocycles. The van der Waals surface area contributed by atoms with E-state index in [0.29, 0.717) is 23.7 Å². The molecule has 0 aliphatic heterocycles. The van der Waals surface area contributed by atoms with Crippen molar-refractivity contribution in [1.82, 2.24) is 10.9 Å². The largest absolute Gasteiger partial charge is 0.488 e. The summed E-state index contributed by atoms with van der Waals surface area (Å²) in [5.74, 6) is 0.0122. The standard InChI is InChI=1S/C22H19BrN2O4/c23-17-10-12-18(13-11-17)28-15-21(26)24-25-22(27)19-8-4-5-9-20(19)29-14-16-6-2-1-3-7-16/h1-13H,14-15H2,(H,24,26)(H,25,27). The minimum Gasteiger partial charge on any atom is -0.488 e. The Morgan fingerprint density at radius 2 is 1.48 bits per heavy atom. The van der Waals surface area contributed by atoms with Crippen LogP contribution in [0.4, 0.5) is 0 Å². The Hall–Kier alpha value is -3.32. The van der Waals surface area contributed by atoms with Crippen molar-refractivity contribution in [2.45, 2.75) is 6.61 Å². The molecule has 3 rings (SSSR count). The van der Waals surface area contributed by atoms with Gasteiger partial charge in [0.15, 0.2) is 6.61 Å². The lowest BCUT2D eigenvalue weighted by atomic mass is 10.2. The summed E-state index contributed by atoms with van der Waals surface area (Å²) in [6.45, 7) is 0.104. The summed E-state index contributed by atoms with van der Waals surface area (Å²) in [4.78, 5) is 24.4. The first-order valence-corrected chi connectivity index (χ1v) is 9.64. The van der Waals surface area contributed by atoms with Gasteiger partial charge in [-0.3, -0.25) is 20.4 Å². The van der Waals surface area contributed by atoms with Crippen LogP contribution in [0.25, 0.3) is 0 Å². The fourth-order valence-electron chi connectivity index (χ4n) is 2.43. The third-order valence-electron chi connectivity index (χ3n) is 3.87. The zero-order valence-corrected chi connectivity index (χ0v) is 17.0. The predicted octanol–water partition coefficient (Wildman–Crippen LogP) is 3.87. The highest BCUT2D eigenvalue weighted by Crippen LogP contribution is 2.19. The molecular weight excluding hydrogens is 436 g/mol. The molecule has 3 aromatic rings. The van der Waals surface area contributed by atoms with Crippen LogP contribution in [-0.4, -0.2) is 18.4 Å². The van der Waals surface area contributed by atoms with E-state index in [1.54, 1.807) is 48.5 Å². The molecule has 0 saturated heterocycles. The molecule has 29 heavy (non-hydrogen) atoms. The maximum Gasteiger partial charge on any atom is 0.276 e. The first kappa shape index (κ1) is 20.4. The molecule has 7 heteroatoms. The fourth-order valence-corrected chi connectivity index (χ4v) is 2.69. The summed E-state index contributed by atoms with van der Waals surface area (Å²) in [6, 6.07) is 23.6. The highest BCUT2D eigenvalue weighted by molar-refractivity contribution is 9.10. The summed E-state index contributed by atoms with van der Waals surface area (Å²) in [5.41, 5.74) is 6.02. The molecule has 0 bridgehead atoms. The van der Waals surface area contributed by atoms with Gasteiger partial charge in [-0.1, -0.05) is 58.4 Å². The zero-order chi connectivity index (χ0) is 20.5. The monoisotopic (exact) mass is 454 g/mol. The van der Waals surface area contributed by atoms with Crippen LogP contribution in [-0.2, 0) is 11.4 Å². The third kappa shape index (κ3) is 6.36. The molecular formula is C22H19BrN2O4. The van der Waals surface area contributed by atoms with Gasteiger partial charge < -0.3 is 9.47 Å². The minimum absolute atomic E-state index is 0.228. The van der Waals surface area contributed by atoms with Crippen molar-refractivity contribution in [1.29, 1.82) is 0 Å². The van der Waals surface area contributed by atoms with Crippen LogP contribution < -0.4 is 20.3 Å². The van der Waals surface area contributed by atoms with Gasteiger partial charge >= 0.3 is 0 Å². The van der Waals surface area contributed by atoms with E-state index in [1.165, 1.54) is 0 Å². The maximum absolute atomic E-state index is 12.4. The Bertz CT molecular complexity index is 962. The number of hydrogen-bond donors (Lipinski definition) is 2. The minimum atomic E-state index is -0.482. The van der Waals surface area contributed by atoms with Crippen molar-refractivity contribution >= 4 is 27.7 Å². The highest BCUT2D eigenvalue weighted by atomic mass is 79.9. The van der Waals surface area contributed by atoms with E-state index in [9.17, 15) is 9.59 Å². The zero-order valence-electron chi connectivity index (χ0n) is 15.4. The molecule has 0 unspecified atom stereocenters. The van der Waals surface area contributed by atoms with Crippen LogP contribution in [0.3, 0.4) is 0 Å². The number of halogens is 1. The lowest BCUT2D eigenvalue weighted by Gasteiger charge is -2.12. The highest BCUT2D eigenvalue weighted by Gasteiger charge is 2.13. The van der Waals surface area contributed by atoms with Gasteiger partial charge in [-0.05, 0) is 42.0 Å². The van der Waals surface area contributed by atoms with Crippen molar-refractivity contribution < 1.29 is 19.1 Å². The van der Waals surface area contributed by atoms with Gasteiger partial charge in [0.25, 0.3) is 11.8 Å². The van der Waals surface area contributed by atoms with Gasteiger partial charge in [-0.25, -0.2) is 0 Å². The number of carbonyl (C=O) groups is 2. The third-order valence-corrected chi connectivity index (χ3v) is 4.40. The molecule has 0 fully saturated rings. The average molecular weight is 455 g/mol. The van der Waals surface area contributed by atoms with Crippen molar-refractivity contribution in [3.05, 3.63) is 94.5 Å². The van der Waals surface area contributed by atoms with Crippen LogP contribution in [0, 0.1) is 0 Å². The molecule has 0 atom stereocenters. The van der Waals surface area contributed by atoms with E-state index >= 15 is 0 Å². The Kier molecular flexibility index (Phi) is 7.24. The number of amides is 2. The predicted molar refractivity (Wildman–Crippen MR) is 112 cm³/mol. The molecule has 148 valence electrons. The van der Waals surface area contributed by atoms with Crippen LogP contribution in [0.5, 0.6) is 11.5 Å². The number of hydrazine groups is 1. The van der Waals surface area contributed by atoms with Crippen molar-refractivity contribution in [2.75, 3.05) is 6.61 Å². The molecule has 2 amide bonds. The van der Waals surface area contributed by atoms with E-state index in [4.69, 9.17) is 9.47 Å². The molecule has 0 heterocycles. The van der Waals surface area contributed by atoms with E-state index < -0.39 is 11.8 Å².